The van der Waals surface area contributed by atoms with Crippen LogP contribution in [0.4, 0.5) is 17.1 Å². The minimum Gasteiger partial charge on any atom is -0.310 e. The van der Waals surface area contributed by atoms with E-state index in [1.54, 1.807) is 22.3 Å². The molecule has 1 unspecified atom stereocenters. The SMILES string of the molecule is C[C@@H]1CC2C[C@H](C1)[C@@]1(c3ccccc3-c3ccc(N(c4ccccc4)c4ccc5c(c4)-c4ccccc4[C@@]54C[C@H]5CC[C@@H]4C5)cc31)[C@@H](C)C2. The lowest BCUT2D eigenvalue weighted by Crippen LogP contribution is -2.49. The summed E-state index contributed by atoms with van der Waals surface area (Å²) in [6.45, 7) is 5.11. The highest BCUT2D eigenvalue weighted by molar-refractivity contribution is 5.89. The molecule has 1 heteroatoms. The highest BCUT2D eigenvalue weighted by Gasteiger charge is 2.58. The minimum atomic E-state index is 0.0838. The first kappa shape index (κ1) is 28.7. The van der Waals surface area contributed by atoms with Crippen molar-refractivity contribution in [3.05, 3.63) is 138 Å². The monoisotopic (exact) mass is 637 g/mol. The largest absolute Gasteiger partial charge is 0.310 e. The van der Waals surface area contributed by atoms with E-state index in [9.17, 15) is 0 Å². The second kappa shape index (κ2) is 10.2. The van der Waals surface area contributed by atoms with Gasteiger partial charge in [0.2, 0.25) is 0 Å². The van der Waals surface area contributed by atoms with Crippen molar-refractivity contribution < 1.29 is 0 Å². The van der Waals surface area contributed by atoms with E-state index in [0.29, 0.717) is 11.8 Å². The molecule has 244 valence electrons. The summed E-state index contributed by atoms with van der Waals surface area (Å²) in [6.07, 6.45) is 11.0. The van der Waals surface area contributed by atoms with Gasteiger partial charge in [0.1, 0.15) is 0 Å². The van der Waals surface area contributed by atoms with Gasteiger partial charge < -0.3 is 4.90 Å². The van der Waals surface area contributed by atoms with E-state index in [0.717, 1.165) is 23.7 Å². The van der Waals surface area contributed by atoms with Crippen LogP contribution in [0.5, 0.6) is 0 Å². The van der Waals surface area contributed by atoms with Crippen molar-refractivity contribution in [3.8, 4) is 22.3 Å². The van der Waals surface area contributed by atoms with Crippen molar-refractivity contribution in [2.75, 3.05) is 4.90 Å². The molecule has 4 saturated carbocycles. The van der Waals surface area contributed by atoms with Crippen molar-refractivity contribution in [2.24, 2.45) is 35.5 Å². The number of hydrogen-bond acceptors (Lipinski definition) is 1. The molecule has 0 heterocycles. The lowest BCUT2D eigenvalue weighted by Gasteiger charge is -2.54. The molecule has 5 aromatic rings. The van der Waals surface area contributed by atoms with E-state index in [-0.39, 0.29) is 10.8 Å². The highest BCUT2D eigenvalue weighted by Crippen LogP contribution is 2.67. The number of nitrogens with zero attached hydrogens (tertiary/aromatic N) is 1. The fraction of sp³-hybridized carbons (Fsp3) is 0.375. The zero-order chi connectivity index (χ0) is 32.5. The summed E-state index contributed by atoms with van der Waals surface area (Å²) in [7, 11) is 0. The fourth-order valence-corrected chi connectivity index (χ4v) is 13.4. The Bertz CT molecular complexity index is 2120. The Labute approximate surface area is 292 Å². The molecule has 4 fully saturated rings. The molecule has 1 nitrogen and oxygen atoms in total. The minimum absolute atomic E-state index is 0.0838. The molecule has 5 aromatic carbocycles. The lowest BCUT2D eigenvalue weighted by atomic mass is 9.49. The maximum Gasteiger partial charge on any atom is 0.0468 e. The van der Waals surface area contributed by atoms with Crippen LogP contribution in [0.25, 0.3) is 22.3 Å². The molecule has 8 atom stereocenters. The second-order valence-electron chi connectivity index (χ2n) is 17.2. The standard InChI is InChI=1S/C48H47N/c1-30-22-33-24-31(2)48(35(23-30)26-33)45-15-9-7-12-39(45)41-20-18-38(28-46(41)48)49(36-10-4-3-5-11-36)37-19-21-44-42(27-37)40-13-6-8-14-43(40)47(44)29-32-16-17-34(47)25-32/h3-15,18-21,27-28,30-35H,16-17,22-26,29H2,1-2H3/t30-,31+,32+,33?,34-,35+,47+,48-/m1/s1. The third kappa shape index (κ3) is 3.72. The van der Waals surface area contributed by atoms with Crippen LogP contribution < -0.4 is 4.90 Å². The van der Waals surface area contributed by atoms with Crippen molar-refractivity contribution in [2.45, 2.75) is 76.0 Å². The van der Waals surface area contributed by atoms with Gasteiger partial charge in [-0.25, -0.2) is 0 Å². The van der Waals surface area contributed by atoms with Crippen LogP contribution in [0.2, 0.25) is 0 Å². The van der Waals surface area contributed by atoms with Gasteiger partial charge in [0.25, 0.3) is 0 Å². The Hall–Kier alpha value is -4.10. The van der Waals surface area contributed by atoms with Crippen LogP contribution >= 0.6 is 0 Å². The first-order chi connectivity index (χ1) is 24.1. The summed E-state index contributed by atoms with van der Waals surface area (Å²) in [4.78, 5) is 2.56. The number of para-hydroxylation sites is 1. The molecule has 0 radical (unpaired) electrons. The molecule has 49 heavy (non-hydrogen) atoms. The van der Waals surface area contributed by atoms with Crippen molar-refractivity contribution >= 4 is 17.1 Å². The van der Waals surface area contributed by atoms with Crippen LogP contribution in [-0.4, -0.2) is 0 Å². The zero-order valence-electron chi connectivity index (χ0n) is 29.0. The van der Waals surface area contributed by atoms with Gasteiger partial charge >= 0.3 is 0 Å². The van der Waals surface area contributed by atoms with Crippen molar-refractivity contribution in [1.82, 2.24) is 0 Å². The van der Waals surface area contributed by atoms with Gasteiger partial charge in [-0.15, -0.1) is 0 Å². The van der Waals surface area contributed by atoms with Crippen LogP contribution in [0.1, 0.15) is 87.5 Å². The number of fused-ring (bicyclic) bond motifs is 16. The van der Waals surface area contributed by atoms with E-state index in [1.807, 2.05) is 0 Å². The highest BCUT2D eigenvalue weighted by atomic mass is 15.1. The molecule has 11 rings (SSSR count). The van der Waals surface area contributed by atoms with Gasteiger partial charge in [-0.05, 0) is 161 Å². The van der Waals surface area contributed by atoms with Crippen molar-refractivity contribution in [1.29, 1.82) is 0 Å². The molecule has 2 spiro atoms. The number of rotatable bonds is 3. The van der Waals surface area contributed by atoms with Gasteiger partial charge in [-0.3, -0.25) is 0 Å². The van der Waals surface area contributed by atoms with Crippen molar-refractivity contribution in [3.63, 3.8) is 0 Å². The second-order valence-corrected chi connectivity index (χ2v) is 17.2. The molecular formula is C48H47N. The molecule has 0 aliphatic heterocycles. The molecule has 6 aliphatic carbocycles. The smallest absolute Gasteiger partial charge is 0.0468 e. The van der Waals surface area contributed by atoms with E-state index < -0.39 is 0 Å². The van der Waals surface area contributed by atoms with Crippen LogP contribution in [0, 0.1) is 35.5 Å². The van der Waals surface area contributed by atoms with E-state index in [1.165, 1.54) is 90.7 Å². The maximum absolute atomic E-state index is 2.64. The molecule has 0 amide bonds. The number of hydrogen-bond donors (Lipinski definition) is 0. The van der Waals surface area contributed by atoms with Gasteiger partial charge in [0.05, 0.1) is 0 Å². The summed E-state index contributed by atoms with van der Waals surface area (Å²) < 4.78 is 0. The van der Waals surface area contributed by atoms with Gasteiger partial charge in [-0.2, -0.15) is 0 Å². The molecule has 0 aromatic heterocycles. The van der Waals surface area contributed by atoms with E-state index in [4.69, 9.17) is 0 Å². The average molecular weight is 638 g/mol. The molecule has 4 bridgehead atoms. The predicted octanol–water partition coefficient (Wildman–Crippen LogP) is 12.6. The summed E-state index contributed by atoms with van der Waals surface area (Å²) >= 11 is 0. The van der Waals surface area contributed by atoms with Gasteiger partial charge in [0.15, 0.2) is 0 Å². The van der Waals surface area contributed by atoms with Crippen LogP contribution in [-0.2, 0) is 10.8 Å². The first-order valence-corrected chi connectivity index (χ1v) is 19.4. The third-order valence-corrected chi connectivity index (χ3v) is 14.8. The number of benzene rings is 5. The first-order valence-electron chi connectivity index (χ1n) is 19.4. The third-order valence-electron chi connectivity index (χ3n) is 14.8. The summed E-state index contributed by atoms with van der Waals surface area (Å²) in [5.74, 6) is 4.67. The maximum atomic E-state index is 2.64. The Morgan fingerprint density at radius 3 is 1.96 bits per heavy atom. The molecule has 0 saturated heterocycles. The molecule has 0 N–H and O–H groups in total. The van der Waals surface area contributed by atoms with Crippen LogP contribution in [0.3, 0.4) is 0 Å². The van der Waals surface area contributed by atoms with Gasteiger partial charge in [0, 0.05) is 27.9 Å². The average Bonchev–Trinajstić information content (AvgIpc) is 3.88. The Balaban J connectivity index is 1.10. The Morgan fingerprint density at radius 1 is 0.490 bits per heavy atom. The van der Waals surface area contributed by atoms with Crippen LogP contribution in [0.15, 0.2) is 115 Å². The topological polar surface area (TPSA) is 3.24 Å². The van der Waals surface area contributed by atoms with E-state index in [2.05, 4.69) is 134 Å². The number of anilines is 3. The Kier molecular flexibility index (Phi) is 5.99. The summed E-state index contributed by atoms with van der Waals surface area (Å²) in [5, 5.41) is 0. The Morgan fingerprint density at radius 2 is 1.16 bits per heavy atom. The zero-order valence-corrected chi connectivity index (χ0v) is 29.0. The molecule has 6 aliphatic rings. The molecular weight excluding hydrogens is 591 g/mol. The predicted molar refractivity (Wildman–Crippen MR) is 203 cm³/mol. The quantitative estimate of drug-likeness (QED) is 0.190. The normalized spacial score (nSPS) is 32.6. The van der Waals surface area contributed by atoms with Gasteiger partial charge in [-0.1, -0.05) is 99.1 Å². The summed E-state index contributed by atoms with van der Waals surface area (Å²) in [5.41, 5.74) is 16.4. The lowest BCUT2D eigenvalue weighted by molar-refractivity contribution is 0.0426. The van der Waals surface area contributed by atoms with E-state index >= 15 is 0 Å². The fourth-order valence-electron chi connectivity index (χ4n) is 13.4. The summed E-state index contributed by atoms with van der Waals surface area (Å²) in [6, 6.07) is 45.1.